The van der Waals surface area contributed by atoms with Crippen molar-refractivity contribution < 1.29 is 27.1 Å². The van der Waals surface area contributed by atoms with Gasteiger partial charge >= 0.3 is 0 Å². The number of Topliss-reactive ketones (excluding diaryl/α,β-unsaturated/α-hetero) is 1. The van der Waals surface area contributed by atoms with Crippen molar-refractivity contribution in [3.8, 4) is 11.1 Å². The summed E-state index contributed by atoms with van der Waals surface area (Å²) in [5.74, 6) is -4.07. The van der Waals surface area contributed by atoms with E-state index in [2.05, 4.69) is 4.98 Å². The van der Waals surface area contributed by atoms with Crippen LogP contribution in [0.2, 0.25) is 5.02 Å². The van der Waals surface area contributed by atoms with Crippen LogP contribution >= 0.6 is 11.6 Å². The monoisotopic (exact) mass is 490 g/mol. The predicted octanol–water partition coefficient (Wildman–Crippen LogP) is 4.24. The summed E-state index contributed by atoms with van der Waals surface area (Å²) in [5, 5.41) is 9.40. The number of carbonyl (C=O) groups excluding carboxylic acids is 1. The van der Waals surface area contributed by atoms with E-state index in [1.165, 1.54) is 6.08 Å². The molecule has 2 aromatic carbocycles. The maximum absolute atomic E-state index is 15.1. The van der Waals surface area contributed by atoms with Crippen LogP contribution in [0.3, 0.4) is 0 Å². The molecule has 0 unspecified atom stereocenters. The molecule has 0 spiro atoms. The summed E-state index contributed by atoms with van der Waals surface area (Å²) in [4.78, 5) is 17.6. The molecule has 3 aromatic rings. The number of nitrogens with one attached hydrogen (secondary N) is 1. The Balaban J connectivity index is 1.71. The summed E-state index contributed by atoms with van der Waals surface area (Å²) >= 11 is 5.93. The van der Waals surface area contributed by atoms with Crippen LogP contribution < -0.4 is 4.72 Å². The number of ketones is 1. The number of aliphatic hydroxyl groups is 1. The fraction of sp³-hybridized carbons (Fsp3) is 0.130. The summed E-state index contributed by atoms with van der Waals surface area (Å²) < 4.78 is 55.3. The number of benzene rings is 2. The van der Waals surface area contributed by atoms with Crippen LogP contribution in [-0.2, 0) is 16.4 Å². The number of nitrogens with zero attached hydrogens (tertiary/aromatic N) is 1. The largest absolute Gasteiger partial charge is 0.395 e. The van der Waals surface area contributed by atoms with Gasteiger partial charge in [0.2, 0.25) is 10.0 Å². The molecule has 170 valence electrons. The first-order chi connectivity index (χ1) is 15.7. The minimum Gasteiger partial charge on any atom is -0.395 e. The summed E-state index contributed by atoms with van der Waals surface area (Å²) in [6, 6.07) is 10.4. The molecule has 1 aromatic heterocycles. The zero-order valence-corrected chi connectivity index (χ0v) is 18.6. The third-order valence-electron chi connectivity index (χ3n) is 5.13. The van der Waals surface area contributed by atoms with Crippen LogP contribution in [0, 0.1) is 11.6 Å². The lowest BCUT2D eigenvalue weighted by atomic mass is 9.96. The number of aliphatic hydroxyl groups excluding tert-OH is 1. The second kappa shape index (κ2) is 9.01. The first-order valence-electron chi connectivity index (χ1n) is 9.79. The number of anilines is 1. The molecule has 0 aliphatic heterocycles. The Kier molecular flexibility index (Phi) is 6.29. The highest BCUT2D eigenvalue weighted by molar-refractivity contribution is 7.92. The molecule has 1 aliphatic carbocycles. The number of fused-ring (bicyclic) bond motifs is 1. The van der Waals surface area contributed by atoms with Crippen molar-refractivity contribution in [2.45, 2.75) is 6.42 Å². The van der Waals surface area contributed by atoms with Gasteiger partial charge in [0.1, 0.15) is 5.82 Å². The van der Waals surface area contributed by atoms with Crippen LogP contribution in [0.15, 0.2) is 54.7 Å². The number of aromatic nitrogens is 1. The Bertz CT molecular complexity index is 1390. The Morgan fingerprint density at radius 3 is 2.55 bits per heavy atom. The maximum Gasteiger partial charge on any atom is 0.235 e. The molecule has 1 heterocycles. The fourth-order valence-corrected chi connectivity index (χ4v) is 4.49. The van der Waals surface area contributed by atoms with Crippen LogP contribution in [0.25, 0.3) is 16.7 Å². The SMILES string of the molecule is O=C(C1=CCc2ncc(-c3ccc(Cl)cc3)cc21)c1c(F)ccc(NS(=O)(=O)CCO)c1F. The predicted molar refractivity (Wildman–Crippen MR) is 122 cm³/mol. The molecule has 0 saturated carbocycles. The van der Waals surface area contributed by atoms with Crippen molar-refractivity contribution in [2.24, 2.45) is 0 Å². The average Bonchev–Trinajstić information content (AvgIpc) is 3.19. The molecule has 0 bridgehead atoms. The number of halogens is 3. The number of hydrogen-bond donors (Lipinski definition) is 2. The molecule has 33 heavy (non-hydrogen) atoms. The minimum absolute atomic E-state index is 0.0708. The standard InChI is InChI=1S/C23H17ClF2N2O4S/c24-15-3-1-13(2-4-15)14-11-17-16(5-7-19(17)27-12-14)23(30)21-18(25)6-8-20(22(21)26)28-33(31,32)10-9-29/h1-6,8,11-12,28-29H,7,9-10H2. The van der Waals surface area contributed by atoms with Crippen LogP contribution in [-0.4, -0.2) is 36.7 Å². The van der Waals surface area contributed by atoms with Gasteiger partial charge in [-0.25, -0.2) is 17.2 Å². The van der Waals surface area contributed by atoms with Crippen LogP contribution in [0.1, 0.15) is 21.6 Å². The zero-order valence-electron chi connectivity index (χ0n) is 17.0. The zero-order chi connectivity index (χ0) is 23.8. The van der Waals surface area contributed by atoms with E-state index in [-0.39, 0.29) is 5.57 Å². The van der Waals surface area contributed by atoms with Gasteiger partial charge in [-0.15, -0.1) is 0 Å². The lowest BCUT2D eigenvalue weighted by Crippen LogP contribution is -2.20. The van der Waals surface area contributed by atoms with E-state index in [1.807, 2.05) is 4.72 Å². The summed E-state index contributed by atoms with van der Waals surface area (Å²) in [6.45, 7) is -0.684. The Labute approximate surface area is 193 Å². The number of carbonyl (C=O) groups is 1. The van der Waals surface area contributed by atoms with E-state index < -0.39 is 51.1 Å². The van der Waals surface area contributed by atoms with E-state index >= 15 is 4.39 Å². The number of hydrogen-bond acceptors (Lipinski definition) is 5. The molecule has 2 N–H and O–H groups in total. The molecule has 0 atom stereocenters. The van der Waals surface area contributed by atoms with Crippen molar-refractivity contribution in [1.29, 1.82) is 0 Å². The normalized spacial score (nSPS) is 12.9. The summed E-state index contributed by atoms with van der Waals surface area (Å²) in [5.41, 5.74) is 1.12. The molecule has 0 amide bonds. The quantitative estimate of drug-likeness (QED) is 0.483. The van der Waals surface area contributed by atoms with Crippen LogP contribution in [0.5, 0.6) is 0 Å². The van der Waals surface area contributed by atoms with Gasteiger partial charge in [-0.05, 0) is 35.9 Å². The minimum atomic E-state index is -4.08. The molecule has 0 radical (unpaired) electrons. The van der Waals surface area contributed by atoms with Gasteiger partial charge in [0.15, 0.2) is 11.6 Å². The van der Waals surface area contributed by atoms with Gasteiger partial charge in [-0.1, -0.05) is 29.8 Å². The van der Waals surface area contributed by atoms with Crippen LogP contribution in [0.4, 0.5) is 14.5 Å². The molecule has 0 saturated heterocycles. The summed E-state index contributed by atoms with van der Waals surface area (Å²) in [6.07, 6.45) is 3.48. The van der Waals surface area contributed by atoms with Crippen molar-refractivity contribution >= 4 is 38.7 Å². The average molecular weight is 491 g/mol. The first kappa shape index (κ1) is 23.0. The molecule has 4 rings (SSSR count). The molecular weight excluding hydrogens is 474 g/mol. The van der Waals surface area contributed by atoms with Crippen molar-refractivity contribution in [2.75, 3.05) is 17.1 Å². The van der Waals surface area contributed by atoms with E-state index in [4.69, 9.17) is 16.7 Å². The Hall–Kier alpha value is -3.14. The fourth-order valence-electron chi connectivity index (χ4n) is 3.53. The van der Waals surface area contributed by atoms with E-state index in [0.717, 1.165) is 17.7 Å². The van der Waals surface area contributed by atoms with Crippen molar-refractivity contribution in [3.63, 3.8) is 0 Å². The molecule has 6 nitrogen and oxygen atoms in total. The van der Waals surface area contributed by atoms with E-state index in [0.29, 0.717) is 28.3 Å². The van der Waals surface area contributed by atoms with Gasteiger partial charge in [0, 0.05) is 34.3 Å². The highest BCUT2D eigenvalue weighted by Gasteiger charge is 2.29. The Morgan fingerprint density at radius 1 is 1.12 bits per heavy atom. The first-order valence-corrected chi connectivity index (χ1v) is 11.8. The molecule has 0 fully saturated rings. The van der Waals surface area contributed by atoms with Gasteiger partial charge in [-0.2, -0.15) is 0 Å². The second-order valence-electron chi connectivity index (χ2n) is 7.30. The Morgan fingerprint density at radius 2 is 1.85 bits per heavy atom. The molecule has 10 heteroatoms. The lowest BCUT2D eigenvalue weighted by Gasteiger charge is -2.13. The second-order valence-corrected chi connectivity index (χ2v) is 9.58. The van der Waals surface area contributed by atoms with Gasteiger partial charge < -0.3 is 5.11 Å². The lowest BCUT2D eigenvalue weighted by molar-refractivity contribution is 0.104. The summed E-state index contributed by atoms with van der Waals surface area (Å²) in [7, 11) is -4.08. The third kappa shape index (κ3) is 4.66. The smallest absolute Gasteiger partial charge is 0.235 e. The van der Waals surface area contributed by atoms with Crippen molar-refractivity contribution in [3.05, 3.63) is 88.2 Å². The van der Waals surface area contributed by atoms with Gasteiger partial charge in [0.25, 0.3) is 0 Å². The number of allylic oxidation sites excluding steroid dienone is 2. The topological polar surface area (TPSA) is 96.4 Å². The maximum atomic E-state index is 15.1. The highest BCUT2D eigenvalue weighted by atomic mass is 35.5. The molecule has 1 aliphatic rings. The van der Waals surface area contributed by atoms with E-state index in [1.54, 1.807) is 36.5 Å². The number of rotatable bonds is 7. The van der Waals surface area contributed by atoms with E-state index in [9.17, 15) is 17.6 Å². The molecular formula is C23H17ClF2N2O4S. The van der Waals surface area contributed by atoms with Gasteiger partial charge in [0.05, 0.1) is 29.3 Å². The number of sulfonamides is 1. The van der Waals surface area contributed by atoms with Gasteiger partial charge in [-0.3, -0.25) is 14.5 Å². The third-order valence-corrected chi connectivity index (χ3v) is 6.63. The highest BCUT2D eigenvalue weighted by Crippen LogP contribution is 2.34. The van der Waals surface area contributed by atoms with Crippen molar-refractivity contribution in [1.82, 2.24) is 4.98 Å². The number of pyridine rings is 1.